The number of rotatable bonds is 4. The molecule has 2 rings (SSSR count). The third kappa shape index (κ3) is 2.41. The smallest absolute Gasteiger partial charge is 0.323 e. The van der Waals surface area contributed by atoms with Crippen molar-refractivity contribution in [3.05, 3.63) is 35.4 Å². The number of aliphatic carboxylic acids is 1. The highest BCUT2D eigenvalue weighted by Gasteiger charge is 2.42. The standard InChI is InChI=1S/C15H21NO2/c1-11-7-3-4-8-13(11)12(2)16-15(14(17)18)9-5-6-10-15/h3-4,7-8,12,16H,5-6,9-10H2,1-2H3,(H,17,18). The Balaban J connectivity index is 2.18. The van der Waals surface area contributed by atoms with Gasteiger partial charge in [0.25, 0.3) is 0 Å². The summed E-state index contributed by atoms with van der Waals surface area (Å²) < 4.78 is 0. The van der Waals surface area contributed by atoms with Crippen LogP contribution in [0.1, 0.15) is 49.8 Å². The normalized spacial score (nSPS) is 19.7. The molecule has 3 nitrogen and oxygen atoms in total. The van der Waals surface area contributed by atoms with E-state index in [9.17, 15) is 9.90 Å². The van der Waals surface area contributed by atoms with E-state index in [2.05, 4.69) is 24.4 Å². The van der Waals surface area contributed by atoms with Crippen LogP contribution in [-0.2, 0) is 4.79 Å². The summed E-state index contributed by atoms with van der Waals surface area (Å²) in [5.41, 5.74) is 1.67. The second-order valence-electron chi connectivity index (χ2n) is 5.32. The maximum atomic E-state index is 11.5. The molecule has 1 aliphatic rings. The minimum atomic E-state index is -0.721. The molecular weight excluding hydrogens is 226 g/mol. The van der Waals surface area contributed by atoms with Gasteiger partial charge in [0.15, 0.2) is 0 Å². The highest BCUT2D eigenvalue weighted by molar-refractivity contribution is 5.79. The first-order valence-corrected chi connectivity index (χ1v) is 6.62. The van der Waals surface area contributed by atoms with Gasteiger partial charge < -0.3 is 5.11 Å². The SMILES string of the molecule is Cc1ccccc1C(C)NC1(C(=O)O)CCCC1. The summed E-state index contributed by atoms with van der Waals surface area (Å²) in [5.74, 6) is -0.708. The Hall–Kier alpha value is -1.35. The van der Waals surface area contributed by atoms with Gasteiger partial charge in [-0.3, -0.25) is 10.1 Å². The Labute approximate surface area is 108 Å². The molecule has 3 heteroatoms. The van der Waals surface area contributed by atoms with Crippen LogP contribution in [0.2, 0.25) is 0 Å². The van der Waals surface area contributed by atoms with Crippen molar-refractivity contribution in [3.8, 4) is 0 Å². The maximum Gasteiger partial charge on any atom is 0.323 e. The molecular formula is C15H21NO2. The molecule has 2 N–H and O–H groups in total. The number of carboxylic acid groups (broad SMARTS) is 1. The lowest BCUT2D eigenvalue weighted by Crippen LogP contribution is -2.50. The van der Waals surface area contributed by atoms with E-state index in [1.165, 1.54) is 11.1 Å². The van der Waals surface area contributed by atoms with Crippen molar-refractivity contribution < 1.29 is 9.90 Å². The van der Waals surface area contributed by atoms with Crippen LogP contribution in [-0.4, -0.2) is 16.6 Å². The monoisotopic (exact) mass is 247 g/mol. The summed E-state index contributed by atoms with van der Waals surface area (Å²) in [5, 5.41) is 12.8. The Morgan fingerprint density at radius 2 is 1.94 bits per heavy atom. The van der Waals surface area contributed by atoms with Crippen LogP contribution in [0.5, 0.6) is 0 Å². The molecule has 1 fully saturated rings. The number of hydrogen-bond acceptors (Lipinski definition) is 2. The minimum absolute atomic E-state index is 0.0698. The molecule has 18 heavy (non-hydrogen) atoms. The fourth-order valence-corrected chi connectivity index (χ4v) is 2.96. The second kappa shape index (κ2) is 5.11. The summed E-state index contributed by atoms with van der Waals surface area (Å²) in [4.78, 5) is 11.5. The highest BCUT2D eigenvalue weighted by Crippen LogP contribution is 2.32. The van der Waals surface area contributed by atoms with Crippen molar-refractivity contribution in [1.29, 1.82) is 0 Å². The van der Waals surface area contributed by atoms with E-state index in [0.717, 1.165) is 25.7 Å². The van der Waals surface area contributed by atoms with E-state index >= 15 is 0 Å². The molecule has 0 spiro atoms. The van der Waals surface area contributed by atoms with Crippen LogP contribution >= 0.6 is 0 Å². The van der Waals surface area contributed by atoms with Crippen LogP contribution in [0.3, 0.4) is 0 Å². The summed E-state index contributed by atoms with van der Waals surface area (Å²) in [6.07, 6.45) is 3.47. The van der Waals surface area contributed by atoms with Gasteiger partial charge in [0.1, 0.15) is 5.54 Å². The van der Waals surface area contributed by atoms with E-state index in [4.69, 9.17) is 0 Å². The number of aryl methyl sites for hydroxylation is 1. The van der Waals surface area contributed by atoms with Crippen LogP contribution in [0, 0.1) is 6.92 Å². The molecule has 0 heterocycles. The molecule has 1 aromatic rings. The van der Waals surface area contributed by atoms with Gasteiger partial charge in [0.05, 0.1) is 0 Å². The maximum absolute atomic E-state index is 11.5. The van der Waals surface area contributed by atoms with E-state index in [1.54, 1.807) is 0 Å². The van der Waals surface area contributed by atoms with E-state index in [1.807, 2.05) is 19.1 Å². The molecule has 1 atom stereocenters. The molecule has 0 radical (unpaired) electrons. The van der Waals surface area contributed by atoms with Gasteiger partial charge in [0.2, 0.25) is 0 Å². The molecule has 1 unspecified atom stereocenters. The quantitative estimate of drug-likeness (QED) is 0.859. The topological polar surface area (TPSA) is 49.3 Å². The third-order valence-corrected chi connectivity index (χ3v) is 4.01. The molecule has 0 aromatic heterocycles. The summed E-state index contributed by atoms with van der Waals surface area (Å²) in [7, 11) is 0. The van der Waals surface area contributed by atoms with Crippen molar-refractivity contribution >= 4 is 5.97 Å². The fourth-order valence-electron chi connectivity index (χ4n) is 2.96. The van der Waals surface area contributed by atoms with Gasteiger partial charge in [-0.1, -0.05) is 37.1 Å². The van der Waals surface area contributed by atoms with E-state index in [0.29, 0.717) is 0 Å². The Morgan fingerprint density at radius 1 is 1.33 bits per heavy atom. The minimum Gasteiger partial charge on any atom is -0.480 e. The number of nitrogens with one attached hydrogen (secondary N) is 1. The summed E-state index contributed by atoms with van der Waals surface area (Å²) in [6.45, 7) is 4.11. The second-order valence-corrected chi connectivity index (χ2v) is 5.32. The molecule has 1 aromatic carbocycles. The van der Waals surface area contributed by atoms with Crippen molar-refractivity contribution in [2.24, 2.45) is 0 Å². The zero-order chi connectivity index (χ0) is 13.2. The Bertz CT molecular complexity index is 436. The molecule has 98 valence electrons. The van der Waals surface area contributed by atoms with Crippen molar-refractivity contribution in [3.63, 3.8) is 0 Å². The lowest BCUT2D eigenvalue weighted by Gasteiger charge is -2.30. The molecule has 1 saturated carbocycles. The van der Waals surface area contributed by atoms with Gasteiger partial charge in [0, 0.05) is 6.04 Å². The van der Waals surface area contributed by atoms with Crippen LogP contribution in [0.4, 0.5) is 0 Å². The molecule has 0 amide bonds. The first kappa shape index (κ1) is 13.1. The van der Waals surface area contributed by atoms with Gasteiger partial charge in [-0.25, -0.2) is 0 Å². The van der Waals surface area contributed by atoms with E-state index in [-0.39, 0.29) is 6.04 Å². The van der Waals surface area contributed by atoms with Gasteiger partial charge in [-0.05, 0) is 37.8 Å². The predicted octanol–water partition coefficient (Wildman–Crippen LogP) is 3.04. The number of carboxylic acids is 1. The average molecular weight is 247 g/mol. The van der Waals surface area contributed by atoms with Gasteiger partial charge >= 0.3 is 5.97 Å². The third-order valence-electron chi connectivity index (χ3n) is 4.01. The largest absolute Gasteiger partial charge is 0.480 e. The number of carbonyl (C=O) groups is 1. The first-order valence-electron chi connectivity index (χ1n) is 6.62. The van der Waals surface area contributed by atoms with Crippen molar-refractivity contribution in [2.75, 3.05) is 0 Å². The molecule has 0 bridgehead atoms. The average Bonchev–Trinajstić information content (AvgIpc) is 2.79. The van der Waals surface area contributed by atoms with Crippen LogP contribution in [0.25, 0.3) is 0 Å². The summed E-state index contributed by atoms with van der Waals surface area (Å²) >= 11 is 0. The number of hydrogen-bond donors (Lipinski definition) is 2. The zero-order valence-electron chi connectivity index (χ0n) is 11.1. The zero-order valence-corrected chi connectivity index (χ0v) is 11.1. The molecule has 0 saturated heterocycles. The van der Waals surface area contributed by atoms with Crippen molar-refractivity contribution in [2.45, 2.75) is 51.1 Å². The predicted molar refractivity (Wildman–Crippen MR) is 71.6 cm³/mol. The molecule has 0 aliphatic heterocycles. The lowest BCUT2D eigenvalue weighted by molar-refractivity contribution is -0.145. The highest BCUT2D eigenvalue weighted by atomic mass is 16.4. The Morgan fingerprint density at radius 3 is 2.50 bits per heavy atom. The van der Waals surface area contributed by atoms with Crippen molar-refractivity contribution in [1.82, 2.24) is 5.32 Å². The van der Waals surface area contributed by atoms with Crippen LogP contribution < -0.4 is 5.32 Å². The van der Waals surface area contributed by atoms with E-state index < -0.39 is 11.5 Å². The van der Waals surface area contributed by atoms with Crippen LogP contribution in [0.15, 0.2) is 24.3 Å². The first-order chi connectivity index (χ1) is 8.55. The lowest BCUT2D eigenvalue weighted by atomic mass is 9.94. The molecule has 1 aliphatic carbocycles. The van der Waals surface area contributed by atoms with Gasteiger partial charge in [-0.15, -0.1) is 0 Å². The number of benzene rings is 1. The Kier molecular flexibility index (Phi) is 3.71. The fraction of sp³-hybridized carbons (Fsp3) is 0.533. The van der Waals surface area contributed by atoms with Gasteiger partial charge in [-0.2, -0.15) is 0 Å². The summed E-state index contributed by atoms with van der Waals surface area (Å²) in [6, 6.07) is 8.21.